The summed E-state index contributed by atoms with van der Waals surface area (Å²) < 4.78 is 2.09. The van der Waals surface area contributed by atoms with Crippen LogP contribution in [-0.2, 0) is 6.54 Å². The van der Waals surface area contributed by atoms with Gasteiger partial charge in [-0.3, -0.25) is 0 Å². The van der Waals surface area contributed by atoms with E-state index >= 15 is 0 Å². The van der Waals surface area contributed by atoms with E-state index in [4.69, 9.17) is 5.11 Å². The minimum absolute atomic E-state index is 0.0838. The number of urea groups is 1. The van der Waals surface area contributed by atoms with E-state index in [1.165, 1.54) is 0 Å². The Bertz CT molecular complexity index is 580. The summed E-state index contributed by atoms with van der Waals surface area (Å²) in [6.07, 6.45) is 0.568. The van der Waals surface area contributed by atoms with E-state index in [1.807, 2.05) is 31.2 Å². The van der Waals surface area contributed by atoms with Crippen LogP contribution in [-0.4, -0.2) is 40.4 Å². The molecule has 0 spiro atoms. The van der Waals surface area contributed by atoms with E-state index in [-0.39, 0.29) is 12.6 Å². The lowest BCUT2D eigenvalue weighted by Gasteiger charge is -2.09. The van der Waals surface area contributed by atoms with Crippen molar-refractivity contribution in [2.24, 2.45) is 0 Å². The Balaban J connectivity index is 1.87. The molecule has 0 atom stereocenters. The zero-order valence-corrected chi connectivity index (χ0v) is 11.6. The van der Waals surface area contributed by atoms with E-state index in [2.05, 4.69) is 20.2 Å². The van der Waals surface area contributed by atoms with Crippen LogP contribution in [0.15, 0.2) is 24.3 Å². The van der Waals surface area contributed by atoms with Gasteiger partial charge in [-0.25, -0.2) is 9.78 Å². The van der Waals surface area contributed by atoms with Crippen LogP contribution in [0.4, 0.5) is 4.79 Å². The number of aryl methyl sites for hydroxylation is 1. The third-order valence-electron chi connectivity index (χ3n) is 3.09. The molecule has 0 aliphatic heterocycles. The average Bonchev–Trinajstić information content (AvgIpc) is 2.75. The van der Waals surface area contributed by atoms with Crippen molar-refractivity contribution in [3.63, 3.8) is 0 Å². The number of aliphatic hydroxyl groups excluding tert-OH is 1. The lowest BCUT2D eigenvalue weighted by atomic mass is 10.3. The van der Waals surface area contributed by atoms with Gasteiger partial charge in [-0.05, 0) is 25.5 Å². The Morgan fingerprint density at radius 2 is 2.05 bits per heavy atom. The molecule has 6 heteroatoms. The van der Waals surface area contributed by atoms with E-state index in [9.17, 15) is 4.79 Å². The number of fused-ring (bicyclic) bond motifs is 1. The molecule has 0 fully saturated rings. The lowest BCUT2D eigenvalue weighted by Crippen LogP contribution is -2.37. The maximum atomic E-state index is 11.5. The van der Waals surface area contributed by atoms with Crippen LogP contribution in [0.3, 0.4) is 0 Å². The number of aliphatic hydroxyl groups is 1. The Morgan fingerprint density at radius 3 is 2.85 bits per heavy atom. The molecule has 0 aliphatic carbocycles. The number of hydrogen-bond donors (Lipinski definition) is 3. The first-order valence-corrected chi connectivity index (χ1v) is 6.77. The molecule has 2 amide bonds. The number of carbonyl (C=O) groups is 1. The average molecular weight is 276 g/mol. The van der Waals surface area contributed by atoms with Gasteiger partial charge in [-0.15, -0.1) is 0 Å². The summed E-state index contributed by atoms with van der Waals surface area (Å²) in [6, 6.07) is 7.74. The van der Waals surface area contributed by atoms with Crippen LogP contribution in [0.5, 0.6) is 0 Å². The molecule has 2 rings (SSSR count). The summed E-state index contributed by atoms with van der Waals surface area (Å²) in [5.74, 6) is 0.939. The van der Waals surface area contributed by atoms with Gasteiger partial charge >= 0.3 is 6.03 Å². The number of rotatable bonds is 6. The topological polar surface area (TPSA) is 79.2 Å². The van der Waals surface area contributed by atoms with Crippen molar-refractivity contribution >= 4 is 17.1 Å². The smallest absolute Gasteiger partial charge is 0.314 e. The maximum absolute atomic E-state index is 11.5. The standard InChI is InChI=1S/C14H20N4O2/c1-11-17-12-5-2-3-6-13(12)18(11)9-8-16-14(20)15-7-4-10-19/h2-3,5-6,19H,4,7-10H2,1H3,(H2,15,16,20). The molecule has 0 bridgehead atoms. The molecule has 20 heavy (non-hydrogen) atoms. The number of nitrogens with one attached hydrogen (secondary N) is 2. The van der Waals surface area contributed by atoms with Crippen molar-refractivity contribution in [2.45, 2.75) is 19.9 Å². The first-order chi connectivity index (χ1) is 9.72. The van der Waals surface area contributed by atoms with Crippen molar-refractivity contribution in [3.05, 3.63) is 30.1 Å². The van der Waals surface area contributed by atoms with Gasteiger partial charge in [0.1, 0.15) is 5.82 Å². The van der Waals surface area contributed by atoms with Gasteiger partial charge in [-0.2, -0.15) is 0 Å². The largest absolute Gasteiger partial charge is 0.396 e. The number of aromatic nitrogens is 2. The Labute approximate surface area is 117 Å². The molecule has 0 saturated heterocycles. The van der Waals surface area contributed by atoms with Crippen LogP contribution < -0.4 is 10.6 Å². The highest BCUT2D eigenvalue weighted by molar-refractivity contribution is 5.76. The van der Waals surface area contributed by atoms with E-state index < -0.39 is 0 Å². The van der Waals surface area contributed by atoms with E-state index in [1.54, 1.807) is 0 Å². The third kappa shape index (κ3) is 3.48. The fourth-order valence-corrected chi connectivity index (χ4v) is 2.10. The Kier molecular flexibility index (Phi) is 4.95. The van der Waals surface area contributed by atoms with E-state index in [0.717, 1.165) is 16.9 Å². The molecular formula is C14H20N4O2. The van der Waals surface area contributed by atoms with Gasteiger partial charge in [-0.1, -0.05) is 12.1 Å². The van der Waals surface area contributed by atoms with Gasteiger partial charge < -0.3 is 20.3 Å². The second-order valence-electron chi connectivity index (χ2n) is 4.56. The molecular weight excluding hydrogens is 256 g/mol. The first kappa shape index (κ1) is 14.3. The highest BCUT2D eigenvalue weighted by Gasteiger charge is 2.06. The molecule has 1 aromatic carbocycles. The van der Waals surface area contributed by atoms with Gasteiger partial charge in [0.15, 0.2) is 0 Å². The number of para-hydroxylation sites is 2. The Morgan fingerprint density at radius 1 is 1.30 bits per heavy atom. The minimum Gasteiger partial charge on any atom is -0.396 e. The summed E-state index contributed by atoms with van der Waals surface area (Å²) in [6.45, 7) is 3.74. The molecule has 3 N–H and O–H groups in total. The first-order valence-electron chi connectivity index (χ1n) is 6.77. The number of nitrogens with zero attached hydrogens (tertiary/aromatic N) is 2. The molecule has 0 unspecified atom stereocenters. The molecule has 108 valence electrons. The summed E-state index contributed by atoms with van der Waals surface area (Å²) >= 11 is 0. The van der Waals surface area contributed by atoms with Crippen molar-refractivity contribution in [1.29, 1.82) is 0 Å². The summed E-state index contributed by atoms with van der Waals surface area (Å²) in [7, 11) is 0. The molecule has 6 nitrogen and oxygen atoms in total. The normalized spacial score (nSPS) is 10.7. The molecule has 0 saturated carbocycles. The molecule has 0 aliphatic rings. The fraction of sp³-hybridized carbons (Fsp3) is 0.429. The van der Waals surface area contributed by atoms with Gasteiger partial charge in [0.2, 0.25) is 0 Å². The SMILES string of the molecule is Cc1nc2ccccc2n1CCNC(=O)NCCCO. The lowest BCUT2D eigenvalue weighted by molar-refractivity contribution is 0.237. The zero-order chi connectivity index (χ0) is 14.4. The number of hydrogen-bond acceptors (Lipinski definition) is 3. The minimum atomic E-state index is -0.208. The number of imidazole rings is 1. The van der Waals surface area contributed by atoms with Crippen LogP contribution in [0, 0.1) is 6.92 Å². The molecule has 1 aromatic heterocycles. The van der Waals surface area contributed by atoms with Crippen LogP contribution in [0.2, 0.25) is 0 Å². The van der Waals surface area contributed by atoms with Crippen LogP contribution in [0.25, 0.3) is 11.0 Å². The fourth-order valence-electron chi connectivity index (χ4n) is 2.10. The zero-order valence-electron chi connectivity index (χ0n) is 11.6. The van der Waals surface area contributed by atoms with Gasteiger partial charge in [0.25, 0.3) is 0 Å². The maximum Gasteiger partial charge on any atom is 0.314 e. The number of carbonyl (C=O) groups excluding carboxylic acids is 1. The summed E-state index contributed by atoms with van der Waals surface area (Å²) in [5, 5.41) is 14.1. The number of amides is 2. The quantitative estimate of drug-likeness (QED) is 0.689. The molecule has 0 radical (unpaired) electrons. The predicted molar refractivity (Wildman–Crippen MR) is 77.6 cm³/mol. The summed E-state index contributed by atoms with van der Waals surface area (Å²) in [4.78, 5) is 15.9. The Hall–Kier alpha value is -2.08. The van der Waals surface area contributed by atoms with Gasteiger partial charge in [0.05, 0.1) is 11.0 Å². The van der Waals surface area contributed by atoms with Crippen LogP contribution >= 0.6 is 0 Å². The summed E-state index contributed by atoms with van der Waals surface area (Å²) in [5.41, 5.74) is 2.05. The highest BCUT2D eigenvalue weighted by Crippen LogP contribution is 2.14. The van der Waals surface area contributed by atoms with Gasteiger partial charge in [0, 0.05) is 26.2 Å². The third-order valence-corrected chi connectivity index (χ3v) is 3.09. The van der Waals surface area contributed by atoms with E-state index in [0.29, 0.717) is 26.1 Å². The van der Waals surface area contributed by atoms with Crippen molar-refractivity contribution < 1.29 is 9.90 Å². The second kappa shape index (κ2) is 6.91. The van der Waals surface area contributed by atoms with Crippen molar-refractivity contribution in [1.82, 2.24) is 20.2 Å². The highest BCUT2D eigenvalue weighted by atomic mass is 16.3. The molecule has 2 aromatic rings. The monoisotopic (exact) mass is 276 g/mol. The number of benzene rings is 1. The molecule has 1 heterocycles. The van der Waals surface area contributed by atoms with Crippen molar-refractivity contribution in [2.75, 3.05) is 19.7 Å². The van der Waals surface area contributed by atoms with Crippen LogP contribution in [0.1, 0.15) is 12.2 Å². The predicted octanol–water partition coefficient (Wildman–Crippen LogP) is 1.03. The van der Waals surface area contributed by atoms with Crippen molar-refractivity contribution in [3.8, 4) is 0 Å². The second-order valence-corrected chi connectivity index (χ2v) is 4.56.